The Morgan fingerprint density at radius 1 is 1.44 bits per heavy atom. The largest absolute Gasteiger partial charge is 0.496 e. The highest BCUT2D eigenvalue weighted by atomic mass is 32.1. The van der Waals surface area contributed by atoms with E-state index in [1.165, 1.54) is 0 Å². The number of aryl methyl sites for hydroxylation is 1. The lowest BCUT2D eigenvalue weighted by Crippen LogP contribution is -2.22. The van der Waals surface area contributed by atoms with Crippen LogP contribution >= 0.6 is 11.5 Å². The lowest BCUT2D eigenvalue weighted by Gasteiger charge is -2.08. The number of carbonyl (C=O) groups is 1. The Labute approximate surface area is 109 Å². The van der Waals surface area contributed by atoms with Gasteiger partial charge in [0, 0.05) is 12.1 Å². The van der Waals surface area contributed by atoms with Crippen LogP contribution in [0, 0.1) is 6.92 Å². The van der Waals surface area contributed by atoms with Gasteiger partial charge >= 0.3 is 0 Å². The maximum Gasteiger partial charge on any atom is 0.282 e. The summed E-state index contributed by atoms with van der Waals surface area (Å²) in [5.74, 6) is 1.15. The molecule has 0 unspecified atom stereocenters. The number of carbonyl (C=O) groups excluding carboxylic acids is 1. The summed E-state index contributed by atoms with van der Waals surface area (Å²) in [5, 5.41) is 3.17. The van der Waals surface area contributed by atoms with E-state index in [-0.39, 0.29) is 5.91 Å². The fourth-order valence-electron chi connectivity index (χ4n) is 1.49. The first-order valence-electron chi connectivity index (χ1n) is 5.41. The molecule has 0 aliphatic carbocycles. The first-order valence-corrected chi connectivity index (χ1v) is 6.18. The SMILES string of the molecule is COc1ccccc1CNC(=O)c1nc(C)ns1. The molecule has 1 aromatic heterocycles. The summed E-state index contributed by atoms with van der Waals surface area (Å²) in [6.07, 6.45) is 0. The Hall–Kier alpha value is -1.95. The molecule has 0 fully saturated rings. The van der Waals surface area contributed by atoms with Crippen LogP contribution in [0.1, 0.15) is 21.2 Å². The fourth-order valence-corrected chi connectivity index (χ4v) is 2.08. The number of methoxy groups -OCH3 is 1. The van der Waals surface area contributed by atoms with Crippen molar-refractivity contribution in [3.63, 3.8) is 0 Å². The smallest absolute Gasteiger partial charge is 0.282 e. The average molecular weight is 263 g/mol. The van der Waals surface area contributed by atoms with Gasteiger partial charge in [-0.25, -0.2) is 4.98 Å². The van der Waals surface area contributed by atoms with Crippen molar-refractivity contribution in [2.75, 3.05) is 7.11 Å². The van der Waals surface area contributed by atoms with E-state index in [9.17, 15) is 4.79 Å². The van der Waals surface area contributed by atoms with Crippen LogP contribution in [-0.4, -0.2) is 22.4 Å². The molecule has 18 heavy (non-hydrogen) atoms. The predicted octanol–water partition coefficient (Wildman–Crippen LogP) is 1.79. The molecule has 5 nitrogen and oxygen atoms in total. The lowest BCUT2D eigenvalue weighted by molar-refractivity contribution is 0.0950. The topological polar surface area (TPSA) is 64.1 Å². The van der Waals surface area contributed by atoms with Crippen molar-refractivity contribution in [2.24, 2.45) is 0 Å². The van der Waals surface area contributed by atoms with Gasteiger partial charge in [-0.3, -0.25) is 4.79 Å². The standard InChI is InChI=1S/C12H13N3O2S/c1-8-14-12(18-15-8)11(16)13-7-9-5-3-4-6-10(9)17-2/h3-6H,7H2,1-2H3,(H,13,16). The minimum atomic E-state index is -0.216. The van der Waals surface area contributed by atoms with Gasteiger partial charge in [0.25, 0.3) is 5.91 Å². The molecule has 0 radical (unpaired) electrons. The highest BCUT2D eigenvalue weighted by Crippen LogP contribution is 2.16. The van der Waals surface area contributed by atoms with Crippen LogP contribution in [-0.2, 0) is 6.54 Å². The number of aromatic nitrogens is 2. The molecule has 0 saturated heterocycles. The van der Waals surface area contributed by atoms with E-state index in [0.29, 0.717) is 17.4 Å². The van der Waals surface area contributed by atoms with Crippen LogP contribution in [0.15, 0.2) is 24.3 Å². The number of nitrogens with zero attached hydrogens (tertiary/aromatic N) is 2. The van der Waals surface area contributed by atoms with Crippen molar-refractivity contribution >= 4 is 17.4 Å². The quantitative estimate of drug-likeness (QED) is 0.913. The summed E-state index contributed by atoms with van der Waals surface area (Å²) in [5.41, 5.74) is 0.926. The number of nitrogens with one attached hydrogen (secondary N) is 1. The predicted molar refractivity (Wildman–Crippen MR) is 68.8 cm³/mol. The van der Waals surface area contributed by atoms with Gasteiger partial charge in [0.15, 0.2) is 0 Å². The Morgan fingerprint density at radius 3 is 2.89 bits per heavy atom. The number of hydrogen-bond acceptors (Lipinski definition) is 5. The number of amides is 1. The fraction of sp³-hybridized carbons (Fsp3) is 0.250. The molecule has 1 amide bonds. The molecular weight excluding hydrogens is 250 g/mol. The van der Waals surface area contributed by atoms with Crippen LogP contribution < -0.4 is 10.1 Å². The molecule has 2 aromatic rings. The van der Waals surface area contributed by atoms with Crippen molar-refractivity contribution < 1.29 is 9.53 Å². The molecular formula is C12H13N3O2S. The van der Waals surface area contributed by atoms with Crippen molar-refractivity contribution in [3.8, 4) is 5.75 Å². The number of para-hydroxylation sites is 1. The van der Waals surface area contributed by atoms with E-state index < -0.39 is 0 Å². The molecule has 0 bridgehead atoms. The van der Waals surface area contributed by atoms with Crippen molar-refractivity contribution in [1.82, 2.24) is 14.7 Å². The normalized spacial score (nSPS) is 10.1. The average Bonchev–Trinajstić information content (AvgIpc) is 2.83. The van der Waals surface area contributed by atoms with Gasteiger partial charge in [0.2, 0.25) is 5.01 Å². The Morgan fingerprint density at radius 2 is 2.22 bits per heavy atom. The highest BCUT2D eigenvalue weighted by Gasteiger charge is 2.11. The summed E-state index contributed by atoms with van der Waals surface area (Å²) in [4.78, 5) is 15.8. The zero-order valence-electron chi connectivity index (χ0n) is 10.1. The summed E-state index contributed by atoms with van der Waals surface area (Å²) in [7, 11) is 1.61. The lowest BCUT2D eigenvalue weighted by atomic mass is 10.2. The molecule has 0 saturated carbocycles. The highest BCUT2D eigenvalue weighted by molar-refractivity contribution is 7.07. The summed E-state index contributed by atoms with van der Waals surface area (Å²) >= 11 is 1.10. The zero-order valence-corrected chi connectivity index (χ0v) is 11.0. The van der Waals surface area contributed by atoms with Gasteiger partial charge in [-0.2, -0.15) is 4.37 Å². The second kappa shape index (κ2) is 5.59. The van der Waals surface area contributed by atoms with Gasteiger partial charge in [-0.05, 0) is 24.5 Å². The number of ether oxygens (including phenoxy) is 1. The number of rotatable bonds is 4. The maximum atomic E-state index is 11.8. The second-order valence-corrected chi connectivity index (χ2v) is 4.39. The monoisotopic (exact) mass is 263 g/mol. The Kier molecular flexibility index (Phi) is 3.88. The van der Waals surface area contributed by atoms with Crippen molar-refractivity contribution in [1.29, 1.82) is 0 Å². The molecule has 94 valence electrons. The molecule has 2 rings (SSSR count). The molecule has 0 atom stereocenters. The van der Waals surface area contributed by atoms with Gasteiger partial charge in [0.05, 0.1) is 7.11 Å². The van der Waals surface area contributed by atoms with Crippen molar-refractivity contribution in [3.05, 3.63) is 40.7 Å². The third-order valence-corrected chi connectivity index (χ3v) is 3.16. The molecule has 6 heteroatoms. The first kappa shape index (κ1) is 12.5. The minimum absolute atomic E-state index is 0.216. The van der Waals surface area contributed by atoms with Crippen molar-refractivity contribution in [2.45, 2.75) is 13.5 Å². The van der Waals surface area contributed by atoms with E-state index >= 15 is 0 Å². The van der Waals surface area contributed by atoms with E-state index in [1.807, 2.05) is 24.3 Å². The van der Waals surface area contributed by atoms with Gasteiger partial charge in [-0.15, -0.1) is 0 Å². The van der Waals surface area contributed by atoms with Crippen LogP contribution in [0.25, 0.3) is 0 Å². The maximum absolute atomic E-state index is 11.8. The molecule has 1 N–H and O–H groups in total. The Balaban J connectivity index is 2.01. The molecule has 1 heterocycles. The minimum Gasteiger partial charge on any atom is -0.496 e. The van der Waals surface area contributed by atoms with E-state index in [2.05, 4.69) is 14.7 Å². The Bertz CT molecular complexity index is 554. The van der Waals surface area contributed by atoms with Crippen LogP contribution in [0.3, 0.4) is 0 Å². The first-order chi connectivity index (χ1) is 8.70. The summed E-state index contributed by atoms with van der Waals surface area (Å²) in [6.45, 7) is 2.16. The van der Waals surface area contributed by atoms with E-state index in [0.717, 1.165) is 22.8 Å². The molecule has 0 aliphatic rings. The summed E-state index contributed by atoms with van der Waals surface area (Å²) < 4.78 is 9.18. The summed E-state index contributed by atoms with van der Waals surface area (Å²) in [6, 6.07) is 7.55. The van der Waals surface area contributed by atoms with Gasteiger partial charge in [0.1, 0.15) is 11.6 Å². The molecule has 0 aliphatic heterocycles. The number of hydrogen-bond donors (Lipinski definition) is 1. The molecule has 1 aromatic carbocycles. The van der Waals surface area contributed by atoms with E-state index in [4.69, 9.17) is 4.74 Å². The number of benzene rings is 1. The second-order valence-electron chi connectivity index (χ2n) is 3.64. The van der Waals surface area contributed by atoms with Gasteiger partial charge in [-0.1, -0.05) is 18.2 Å². The van der Waals surface area contributed by atoms with Crippen LogP contribution in [0.4, 0.5) is 0 Å². The van der Waals surface area contributed by atoms with Crippen LogP contribution in [0.2, 0.25) is 0 Å². The van der Waals surface area contributed by atoms with Crippen LogP contribution in [0.5, 0.6) is 5.75 Å². The van der Waals surface area contributed by atoms with E-state index in [1.54, 1.807) is 14.0 Å². The molecule has 0 spiro atoms. The third kappa shape index (κ3) is 2.84. The third-order valence-electron chi connectivity index (χ3n) is 2.35. The zero-order chi connectivity index (χ0) is 13.0. The van der Waals surface area contributed by atoms with Gasteiger partial charge < -0.3 is 10.1 Å².